The minimum Gasteiger partial charge on any atom is -0.378 e. The van der Waals surface area contributed by atoms with Crippen molar-refractivity contribution in [3.05, 3.63) is 35.4 Å². The van der Waals surface area contributed by atoms with Crippen molar-refractivity contribution >= 4 is 0 Å². The fraction of sp³-hybridized carbons (Fsp3) is 0.647. The Balaban J connectivity index is 1.98. The smallest absolute Gasteiger partial charge is 0.130 e. The predicted octanol–water partition coefficient (Wildman–Crippen LogP) is 4.21. The van der Waals surface area contributed by atoms with Crippen LogP contribution in [0.15, 0.2) is 18.2 Å². The third-order valence-electron chi connectivity index (χ3n) is 4.14. The summed E-state index contributed by atoms with van der Waals surface area (Å²) < 4.78 is 32.6. The van der Waals surface area contributed by atoms with Gasteiger partial charge in [-0.15, -0.1) is 0 Å². The summed E-state index contributed by atoms with van der Waals surface area (Å²) in [6, 6.07) is 3.83. The lowest BCUT2D eigenvalue weighted by Crippen LogP contribution is -2.35. The lowest BCUT2D eigenvalue weighted by atomic mass is 9.77. The highest BCUT2D eigenvalue weighted by atomic mass is 19.1. The molecule has 0 amide bonds. The minimum absolute atomic E-state index is 0.0434. The average molecular weight is 297 g/mol. The molecule has 0 bridgehead atoms. The quantitative estimate of drug-likeness (QED) is 0.776. The van der Waals surface area contributed by atoms with E-state index in [9.17, 15) is 8.78 Å². The van der Waals surface area contributed by atoms with Gasteiger partial charge in [-0.1, -0.05) is 13.0 Å². The lowest BCUT2D eigenvalue weighted by molar-refractivity contribution is -0.0292. The third kappa shape index (κ3) is 4.48. The van der Waals surface area contributed by atoms with Gasteiger partial charge in [0.1, 0.15) is 11.6 Å². The number of rotatable bonds is 8. The molecule has 0 aliphatic heterocycles. The molecular formula is C17H25F2NO. The highest BCUT2D eigenvalue weighted by Gasteiger charge is 2.32. The molecule has 0 heterocycles. The molecule has 0 saturated heterocycles. The van der Waals surface area contributed by atoms with E-state index in [1.807, 2.05) is 6.92 Å². The zero-order valence-corrected chi connectivity index (χ0v) is 12.9. The summed E-state index contributed by atoms with van der Waals surface area (Å²) in [4.78, 5) is 0. The van der Waals surface area contributed by atoms with Crippen LogP contribution in [0.2, 0.25) is 0 Å². The first-order chi connectivity index (χ1) is 10.1. The van der Waals surface area contributed by atoms with E-state index >= 15 is 0 Å². The second-order valence-corrected chi connectivity index (χ2v) is 5.82. The van der Waals surface area contributed by atoms with Gasteiger partial charge in [0.2, 0.25) is 0 Å². The van der Waals surface area contributed by atoms with E-state index in [2.05, 4.69) is 12.2 Å². The Morgan fingerprint density at radius 1 is 1.29 bits per heavy atom. The molecular weight excluding hydrogens is 272 g/mol. The maximum atomic E-state index is 14.0. The summed E-state index contributed by atoms with van der Waals surface area (Å²) in [6.07, 6.45) is 4.32. The molecule has 1 N–H and O–H groups in total. The standard InChI is InChI=1S/C17H25F2NO/c1-3-7-20-17(10-12-8-14(9-12)21-4-2)15-6-5-13(18)11-16(15)19/h5-6,11-12,14,17,20H,3-4,7-10H2,1-2H3. The monoisotopic (exact) mass is 297 g/mol. The Morgan fingerprint density at radius 3 is 2.67 bits per heavy atom. The van der Waals surface area contributed by atoms with Crippen LogP contribution in [-0.2, 0) is 4.74 Å². The normalized spacial score (nSPS) is 22.9. The molecule has 1 aliphatic rings. The van der Waals surface area contributed by atoms with Crippen molar-refractivity contribution in [3.8, 4) is 0 Å². The number of halogens is 2. The number of hydrogen-bond donors (Lipinski definition) is 1. The second kappa shape index (κ2) is 7.85. The molecule has 1 unspecified atom stereocenters. The minimum atomic E-state index is -0.523. The summed E-state index contributed by atoms with van der Waals surface area (Å²) in [5.41, 5.74) is 0.574. The fourth-order valence-corrected chi connectivity index (χ4v) is 3.00. The average Bonchev–Trinajstić information content (AvgIpc) is 2.41. The van der Waals surface area contributed by atoms with E-state index in [1.54, 1.807) is 6.07 Å². The van der Waals surface area contributed by atoms with E-state index in [-0.39, 0.29) is 6.04 Å². The first kappa shape index (κ1) is 16.4. The van der Waals surface area contributed by atoms with Gasteiger partial charge in [-0.3, -0.25) is 0 Å². The molecule has 1 saturated carbocycles. The van der Waals surface area contributed by atoms with Gasteiger partial charge in [0.25, 0.3) is 0 Å². The third-order valence-corrected chi connectivity index (χ3v) is 4.14. The highest BCUT2D eigenvalue weighted by Crippen LogP contribution is 2.37. The van der Waals surface area contributed by atoms with Gasteiger partial charge in [0.05, 0.1) is 6.10 Å². The fourth-order valence-electron chi connectivity index (χ4n) is 3.00. The molecule has 2 rings (SSSR count). The van der Waals surface area contributed by atoms with Crippen LogP contribution in [-0.4, -0.2) is 19.3 Å². The van der Waals surface area contributed by atoms with Gasteiger partial charge in [-0.25, -0.2) is 8.78 Å². The van der Waals surface area contributed by atoms with Gasteiger partial charge < -0.3 is 10.1 Å². The van der Waals surface area contributed by atoms with Crippen molar-refractivity contribution in [1.82, 2.24) is 5.32 Å². The molecule has 2 nitrogen and oxygen atoms in total. The predicted molar refractivity (Wildman–Crippen MR) is 80.1 cm³/mol. The molecule has 0 spiro atoms. The van der Waals surface area contributed by atoms with Crippen LogP contribution < -0.4 is 5.32 Å². The molecule has 0 radical (unpaired) electrons. The molecule has 4 heteroatoms. The Hall–Kier alpha value is -1.00. The van der Waals surface area contributed by atoms with Crippen LogP contribution in [0.5, 0.6) is 0 Å². The Kier molecular flexibility index (Phi) is 6.12. The molecule has 0 aromatic heterocycles. The summed E-state index contributed by atoms with van der Waals surface area (Å²) in [7, 11) is 0. The number of ether oxygens (including phenoxy) is 1. The number of nitrogens with one attached hydrogen (secondary N) is 1. The Morgan fingerprint density at radius 2 is 2.05 bits per heavy atom. The van der Waals surface area contributed by atoms with Crippen LogP contribution >= 0.6 is 0 Å². The van der Waals surface area contributed by atoms with Crippen molar-refractivity contribution in [2.45, 2.75) is 51.7 Å². The molecule has 1 fully saturated rings. The van der Waals surface area contributed by atoms with Gasteiger partial charge >= 0.3 is 0 Å². The first-order valence-corrected chi connectivity index (χ1v) is 7.93. The van der Waals surface area contributed by atoms with Gasteiger partial charge in [0.15, 0.2) is 0 Å². The maximum absolute atomic E-state index is 14.0. The molecule has 1 aromatic rings. The molecule has 1 atom stereocenters. The summed E-state index contributed by atoms with van der Waals surface area (Å²) in [5, 5.41) is 3.39. The SMILES string of the molecule is CCCNC(CC1CC(OCC)C1)c1ccc(F)cc1F. The largest absolute Gasteiger partial charge is 0.378 e. The Bertz CT molecular complexity index is 446. The number of hydrogen-bond acceptors (Lipinski definition) is 2. The van der Waals surface area contributed by atoms with Crippen LogP contribution in [0.4, 0.5) is 8.78 Å². The van der Waals surface area contributed by atoms with E-state index in [0.29, 0.717) is 17.6 Å². The van der Waals surface area contributed by atoms with E-state index in [4.69, 9.17) is 4.74 Å². The van der Waals surface area contributed by atoms with Gasteiger partial charge in [-0.05, 0) is 51.1 Å². The highest BCUT2D eigenvalue weighted by molar-refractivity contribution is 5.22. The Labute approximate surface area is 125 Å². The van der Waals surface area contributed by atoms with Gasteiger partial charge in [-0.2, -0.15) is 0 Å². The van der Waals surface area contributed by atoms with Crippen LogP contribution in [0.1, 0.15) is 51.1 Å². The van der Waals surface area contributed by atoms with Gasteiger partial charge in [0, 0.05) is 24.3 Å². The van der Waals surface area contributed by atoms with Crippen molar-refractivity contribution in [3.63, 3.8) is 0 Å². The molecule has 1 aromatic carbocycles. The summed E-state index contributed by atoms with van der Waals surface area (Å²) in [5.74, 6) is -0.421. The first-order valence-electron chi connectivity index (χ1n) is 7.93. The number of benzene rings is 1. The van der Waals surface area contributed by atoms with Crippen molar-refractivity contribution in [2.24, 2.45) is 5.92 Å². The second-order valence-electron chi connectivity index (χ2n) is 5.82. The molecule has 1 aliphatic carbocycles. The summed E-state index contributed by atoms with van der Waals surface area (Å²) in [6.45, 7) is 5.68. The van der Waals surface area contributed by atoms with Crippen LogP contribution in [0.3, 0.4) is 0 Å². The van der Waals surface area contributed by atoms with Crippen molar-refractivity contribution in [1.29, 1.82) is 0 Å². The zero-order valence-electron chi connectivity index (χ0n) is 12.9. The van der Waals surface area contributed by atoms with E-state index in [1.165, 1.54) is 6.07 Å². The molecule has 21 heavy (non-hydrogen) atoms. The molecule has 118 valence electrons. The van der Waals surface area contributed by atoms with Crippen LogP contribution in [0.25, 0.3) is 0 Å². The van der Waals surface area contributed by atoms with E-state index in [0.717, 1.165) is 44.9 Å². The lowest BCUT2D eigenvalue weighted by Gasteiger charge is -2.37. The topological polar surface area (TPSA) is 21.3 Å². The van der Waals surface area contributed by atoms with Crippen LogP contribution in [0, 0.1) is 17.6 Å². The van der Waals surface area contributed by atoms with Crippen molar-refractivity contribution < 1.29 is 13.5 Å². The zero-order chi connectivity index (χ0) is 15.2. The van der Waals surface area contributed by atoms with E-state index < -0.39 is 11.6 Å². The van der Waals surface area contributed by atoms with Crippen molar-refractivity contribution in [2.75, 3.05) is 13.2 Å². The summed E-state index contributed by atoms with van der Waals surface area (Å²) >= 11 is 0. The maximum Gasteiger partial charge on any atom is 0.130 e.